The zero-order chi connectivity index (χ0) is 12.6. The topological polar surface area (TPSA) is 58.4 Å². The fraction of sp³-hybridized carbons (Fsp3) is 0.667. The lowest BCUT2D eigenvalue weighted by molar-refractivity contribution is 0.0676. The number of aromatic nitrogens is 2. The van der Waals surface area contributed by atoms with Crippen molar-refractivity contribution in [3.05, 3.63) is 17.0 Å². The van der Waals surface area contributed by atoms with E-state index in [2.05, 4.69) is 5.10 Å². The number of aliphatic hydroxyl groups excluding tert-OH is 1. The highest BCUT2D eigenvalue weighted by Gasteiger charge is 2.31. The van der Waals surface area contributed by atoms with Crippen LogP contribution in [0.25, 0.3) is 0 Å². The van der Waals surface area contributed by atoms with Gasteiger partial charge in [-0.3, -0.25) is 9.48 Å². The molecule has 1 aliphatic rings. The number of rotatable bonds is 2. The Hall–Kier alpha value is -1.36. The molecule has 17 heavy (non-hydrogen) atoms. The maximum absolute atomic E-state index is 12.4. The van der Waals surface area contributed by atoms with Crippen molar-refractivity contribution in [2.24, 2.45) is 7.05 Å². The maximum atomic E-state index is 12.4. The van der Waals surface area contributed by atoms with Crippen molar-refractivity contribution in [1.29, 1.82) is 0 Å². The molecular formula is C12H19N3O2. The molecule has 1 N–H and O–H groups in total. The number of aryl methyl sites for hydroxylation is 2. The van der Waals surface area contributed by atoms with Gasteiger partial charge >= 0.3 is 0 Å². The lowest BCUT2D eigenvalue weighted by Crippen LogP contribution is -2.38. The first-order valence-corrected chi connectivity index (χ1v) is 5.98. The molecule has 0 aromatic carbocycles. The molecular weight excluding hydrogens is 218 g/mol. The molecule has 0 radical (unpaired) electrons. The second-order valence-corrected chi connectivity index (χ2v) is 4.65. The molecule has 1 aliphatic heterocycles. The van der Waals surface area contributed by atoms with Crippen molar-refractivity contribution >= 4 is 5.91 Å². The summed E-state index contributed by atoms with van der Waals surface area (Å²) in [6.07, 6.45) is 1.86. The molecule has 1 amide bonds. The average molecular weight is 237 g/mol. The summed E-state index contributed by atoms with van der Waals surface area (Å²) >= 11 is 0. The van der Waals surface area contributed by atoms with Gasteiger partial charge in [-0.1, -0.05) is 0 Å². The molecule has 0 bridgehead atoms. The molecule has 1 aromatic heterocycles. The predicted octanol–water partition coefficient (Wildman–Crippen LogP) is 0.634. The number of carbonyl (C=O) groups excluding carboxylic acids is 1. The van der Waals surface area contributed by atoms with Crippen LogP contribution in [-0.4, -0.2) is 44.9 Å². The number of amides is 1. The number of aliphatic hydroxyl groups is 1. The van der Waals surface area contributed by atoms with Crippen LogP contribution in [-0.2, 0) is 7.05 Å². The third-order valence-corrected chi connectivity index (χ3v) is 3.57. The van der Waals surface area contributed by atoms with Gasteiger partial charge in [-0.25, -0.2) is 0 Å². The third-order valence-electron chi connectivity index (χ3n) is 3.57. The minimum absolute atomic E-state index is 0.00431. The summed E-state index contributed by atoms with van der Waals surface area (Å²) in [5, 5.41) is 13.5. The lowest BCUT2D eigenvalue weighted by atomic mass is 10.1. The first-order valence-electron chi connectivity index (χ1n) is 5.98. The van der Waals surface area contributed by atoms with E-state index >= 15 is 0 Å². The van der Waals surface area contributed by atoms with Gasteiger partial charge in [-0.2, -0.15) is 5.10 Å². The highest BCUT2D eigenvalue weighted by atomic mass is 16.3. The lowest BCUT2D eigenvalue weighted by Gasteiger charge is -2.23. The SMILES string of the molecule is Cc1nn(C)c(C)c1C(=O)N1CCC[C@H]1CO. The Labute approximate surface area is 101 Å². The third kappa shape index (κ3) is 1.95. The Morgan fingerprint density at radius 1 is 1.53 bits per heavy atom. The van der Waals surface area contributed by atoms with E-state index < -0.39 is 0 Å². The second-order valence-electron chi connectivity index (χ2n) is 4.65. The van der Waals surface area contributed by atoms with Crippen LogP contribution < -0.4 is 0 Å². The van der Waals surface area contributed by atoms with Crippen LogP contribution in [0.2, 0.25) is 0 Å². The van der Waals surface area contributed by atoms with E-state index in [4.69, 9.17) is 0 Å². The Bertz CT molecular complexity index is 439. The van der Waals surface area contributed by atoms with E-state index in [-0.39, 0.29) is 18.6 Å². The highest BCUT2D eigenvalue weighted by Crippen LogP contribution is 2.22. The number of carbonyl (C=O) groups is 1. The van der Waals surface area contributed by atoms with E-state index in [1.165, 1.54) is 0 Å². The molecule has 1 atom stereocenters. The van der Waals surface area contributed by atoms with Gasteiger partial charge in [0.1, 0.15) is 0 Å². The molecule has 94 valence electrons. The summed E-state index contributed by atoms with van der Waals surface area (Å²) in [5.74, 6) is 0.00431. The molecule has 5 heteroatoms. The van der Waals surface area contributed by atoms with Gasteiger partial charge in [0.15, 0.2) is 0 Å². The molecule has 0 aliphatic carbocycles. The summed E-state index contributed by atoms with van der Waals surface area (Å²) in [7, 11) is 1.84. The second kappa shape index (κ2) is 4.49. The molecule has 2 rings (SSSR count). The highest BCUT2D eigenvalue weighted by molar-refractivity contribution is 5.96. The minimum Gasteiger partial charge on any atom is -0.394 e. The molecule has 5 nitrogen and oxygen atoms in total. The summed E-state index contributed by atoms with van der Waals surface area (Å²) in [6, 6.07) is -0.0264. The van der Waals surface area contributed by atoms with Crippen LogP contribution in [0.5, 0.6) is 0 Å². The number of hydrogen-bond acceptors (Lipinski definition) is 3. The number of nitrogens with zero attached hydrogens (tertiary/aromatic N) is 3. The van der Waals surface area contributed by atoms with Crippen LogP contribution in [0.15, 0.2) is 0 Å². The van der Waals surface area contributed by atoms with E-state index in [1.54, 1.807) is 9.58 Å². The largest absolute Gasteiger partial charge is 0.394 e. The molecule has 1 saturated heterocycles. The molecule has 1 fully saturated rings. The Morgan fingerprint density at radius 3 is 2.76 bits per heavy atom. The Kier molecular flexibility index (Phi) is 3.19. The smallest absolute Gasteiger partial charge is 0.257 e. The molecule has 1 aromatic rings. The van der Waals surface area contributed by atoms with E-state index in [0.29, 0.717) is 5.56 Å². The van der Waals surface area contributed by atoms with Crippen molar-refractivity contribution in [2.45, 2.75) is 32.7 Å². The van der Waals surface area contributed by atoms with Crippen LogP contribution >= 0.6 is 0 Å². The first kappa shape index (κ1) is 12.1. The maximum Gasteiger partial charge on any atom is 0.257 e. The van der Waals surface area contributed by atoms with Crippen LogP contribution in [0, 0.1) is 13.8 Å². The Morgan fingerprint density at radius 2 is 2.24 bits per heavy atom. The van der Waals surface area contributed by atoms with Crippen molar-refractivity contribution < 1.29 is 9.90 Å². The fourth-order valence-electron chi connectivity index (χ4n) is 2.52. The first-order chi connectivity index (χ1) is 8.06. The molecule has 0 unspecified atom stereocenters. The Balaban J connectivity index is 2.31. The van der Waals surface area contributed by atoms with Crippen LogP contribution in [0.4, 0.5) is 0 Å². The standard InChI is InChI=1S/C12H19N3O2/c1-8-11(9(2)14(3)13-8)12(17)15-6-4-5-10(15)7-16/h10,16H,4-7H2,1-3H3/t10-/m0/s1. The van der Waals surface area contributed by atoms with Gasteiger partial charge in [0.2, 0.25) is 0 Å². The minimum atomic E-state index is -0.0264. The summed E-state index contributed by atoms with van der Waals surface area (Å²) < 4.78 is 1.73. The fourth-order valence-corrected chi connectivity index (χ4v) is 2.52. The van der Waals surface area contributed by atoms with Gasteiger partial charge in [-0.05, 0) is 26.7 Å². The van der Waals surface area contributed by atoms with Gasteiger partial charge in [0.25, 0.3) is 5.91 Å². The summed E-state index contributed by atoms with van der Waals surface area (Å²) in [5.41, 5.74) is 2.34. The van der Waals surface area contributed by atoms with Gasteiger partial charge in [-0.15, -0.1) is 0 Å². The summed E-state index contributed by atoms with van der Waals surface area (Å²) in [4.78, 5) is 14.2. The van der Waals surface area contributed by atoms with Gasteiger partial charge < -0.3 is 10.0 Å². The van der Waals surface area contributed by atoms with E-state index in [1.807, 2.05) is 20.9 Å². The predicted molar refractivity (Wildman–Crippen MR) is 63.8 cm³/mol. The van der Waals surface area contributed by atoms with E-state index in [9.17, 15) is 9.90 Å². The molecule has 0 spiro atoms. The van der Waals surface area contributed by atoms with Crippen molar-refractivity contribution in [3.8, 4) is 0 Å². The van der Waals surface area contributed by atoms with Crippen molar-refractivity contribution in [1.82, 2.24) is 14.7 Å². The normalized spacial score (nSPS) is 20.0. The van der Waals surface area contributed by atoms with E-state index in [0.717, 1.165) is 30.8 Å². The van der Waals surface area contributed by atoms with Gasteiger partial charge in [0, 0.05) is 19.3 Å². The molecule has 0 saturated carbocycles. The summed E-state index contributed by atoms with van der Waals surface area (Å²) in [6.45, 7) is 4.53. The number of likely N-dealkylation sites (tertiary alicyclic amines) is 1. The zero-order valence-corrected chi connectivity index (χ0v) is 10.6. The van der Waals surface area contributed by atoms with Crippen LogP contribution in [0.1, 0.15) is 34.6 Å². The van der Waals surface area contributed by atoms with Crippen LogP contribution in [0.3, 0.4) is 0 Å². The van der Waals surface area contributed by atoms with Gasteiger partial charge in [0.05, 0.1) is 23.9 Å². The van der Waals surface area contributed by atoms with Crippen molar-refractivity contribution in [3.63, 3.8) is 0 Å². The monoisotopic (exact) mass is 237 g/mol. The number of hydrogen-bond donors (Lipinski definition) is 1. The van der Waals surface area contributed by atoms with Crippen molar-refractivity contribution in [2.75, 3.05) is 13.2 Å². The molecule has 2 heterocycles. The quantitative estimate of drug-likeness (QED) is 0.821. The zero-order valence-electron chi connectivity index (χ0n) is 10.6. The average Bonchev–Trinajstić information content (AvgIpc) is 2.84.